The zero-order valence-electron chi connectivity index (χ0n) is 18.9. The van der Waals surface area contributed by atoms with Gasteiger partial charge in [-0.3, -0.25) is 4.68 Å². The Morgan fingerprint density at radius 1 is 1.22 bits per heavy atom. The van der Waals surface area contributed by atoms with E-state index in [0.717, 1.165) is 12.1 Å². The van der Waals surface area contributed by atoms with E-state index in [2.05, 4.69) is 5.10 Å². The van der Waals surface area contributed by atoms with Crippen LogP contribution in [0.25, 0.3) is 11.3 Å². The van der Waals surface area contributed by atoms with Crippen LogP contribution < -0.4 is 5.46 Å². The largest absolute Gasteiger partial charge is 0.497 e. The second-order valence-corrected chi connectivity index (χ2v) is 9.03. The molecule has 0 radical (unpaired) electrons. The Hall–Kier alpha value is -2.30. The van der Waals surface area contributed by atoms with E-state index in [4.69, 9.17) is 18.8 Å². The van der Waals surface area contributed by atoms with Crippen molar-refractivity contribution >= 4 is 18.6 Å². The van der Waals surface area contributed by atoms with Crippen LogP contribution in [0.3, 0.4) is 0 Å². The third-order valence-corrected chi connectivity index (χ3v) is 6.39. The summed E-state index contributed by atoms with van der Waals surface area (Å²) in [7, 11) is -1.05. The van der Waals surface area contributed by atoms with Crippen LogP contribution in [0.1, 0.15) is 57.4 Å². The first-order valence-corrected chi connectivity index (χ1v) is 10.7. The summed E-state index contributed by atoms with van der Waals surface area (Å²) in [5, 5.41) is 4.28. The van der Waals surface area contributed by atoms with Crippen molar-refractivity contribution in [1.82, 2.24) is 9.78 Å². The zero-order chi connectivity index (χ0) is 23.3. The van der Waals surface area contributed by atoms with Gasteiger partial charge < -0.3 is 18.8 Å². The average Bonchev–Trinajstić information content (AvgIpc) is 3.41. The molecule has 1 atom stereocenters. The van der Waals surface area contributed by atoms with Crippen LogP contribution in [0.5, 0.6) is 0 Å². The van der Waals surface area contributed by atoms with Crippen LogP contribution in [0, 0.1) is 11.6 Å². The Labute approximate surface area is 186 Å². The molecule has 0 saturated carbocycles. The lowest BCUT2D eigenvalue weighted by atomic mass is 9.78. The van der Waals surface area contributed by atoms with Gasteiger partial charge in [0.15, 0.2) is 0 Å². The maximum absolute atomic E-state index is 15.4. The molecule has 0 spiro atoms. The second kappa shape index (κ2) is 8.24. The van der Waals surface area contributed by atoms with Crippen LogP contribution in [0.2, 0.25) is 0 Å². The molecule has 2 fully saturated rings. The Morgan fingerprint density at radius 2 is 1.91 bits per heavy atom. The molecule has 0 aliphatic carbocycles. The number of benzene rings is 1. The van der Waals surface area contributed by atoms with Gasteiger partial charge in [0, 0.05) is 17.6 Å². The molecule has 10 heteroatoms. The molecule has 0 amide bonds. The fourth-order valence-corrected chi connectivity index (χ4v) is 3.88. The standard InChI is InChI=1S/C22H27BF2N2O5/c1-6-30-20(28)15-11-26-27(13-7-8-29-12-13)19(15)14-9-18(25)16(10-17(14)24)23-31-21(2,3)22(4,5)32-23/h9-11,13H,6-8,12H2,1-5H3/t13-/m1/s1. The van der Waals surface area contributed by atoms with Gasteiger partial charge in [0.05, 0.1) is 42.3 Å². The molecule has 172 valence electrons. The highest BCUT2D eigenvalue weighted by atomic mass is 19.1. The number of carbonyl (C=O) groups excluding carboxylic acids is 1. The normalized spacial score (nSPS) is 21.8. The number of hydrogen-bond acceptors (Lipinski definition) is 6. The number of aromatic nitrogens is 2. The van der Waals surface area contributed by atoms with Crippen molar-refractivity contribution in [2.24, 2.45) is 0 Å². The summed E-state index contributed by atoms with van der Waals surface area (Å²) in [6.45, 7) is 10.1. The maximum atomic E-state index is 15.4. The fraction of sp³-hybridized carbons (Fsp3) is 0.545. The van der Waals surface area contributed by atoms with Crippen molar-refractivity contribution in [3.63, 3.8) is 0 Å². The molecule has 32 heavy (non-hydrogen) atoms. The summed E-state index contributed by atoms with van der Waals surface area (Å²) in [6, 6.07) is 1.92. The van der Waals surface area contributed by atoms with Gasteiger partial charge in [0.25, 0.3) is 0 Å². The highest BCUT2D eigenvalue weighted by molar-refractivity contribution is 6.62. The lowest BCUT2D eigenvalue weighted by Gasteiger charge is -2.32. The molecule has 0 bridgehead atoms. The Balaban J connectivity index is 1.78. The Kier molecular flexibility index (Phi) is 5.89. The molecule has 2 aliphatic rings. The predicted molar refractivity (Wildman–Crippen MR) is 114 cm³/mol. The molecule has 4 rings (SSSR count). The van der Waals surface area contributed by atoms with E-state index in [1.54, 1.807) is 6.92 Å². The van der Waals surface area contributed by atoms with Gasteiger partial charge in [0.1, 0.15) is 17.2 Å². The molecule has 7 nitrogen and oxygen atoms in total. The van der Waals surface area contributed by atoms with Crippen LogP contribution in [0.15, 0.2) is 18.3 Å². The van der Waals surface area contributed by atoms with Crippen LogP contribution in [-0.4, -0.2) is 53.9 Å². The van der Waals surface area contributed by atoms with Crippen molar-refractivity contribution in [1.29, 1.82) is 0 Å². The van der Waals surface area contributed by atoms with Crippen molar-refractivity contribution in [2.45, 2.75) is 58.3 Å². The van der Waals surface area contributed by atoms with E-state index < -0.39 is 35.9 Å². The van der Waals surface area contributed by atoms with E-state index in [9.17, 15) is 4.79 Å². The highest BCUT2D eigenvalue weighted by Crippen LogP contribution is 2.37. The van der Waals surface area contributed by atoms with Crippen molar-refractivity contribution in [3.05, 3.63) is 35.5 Å². The van der Waals surface area contributed by atoms with E-state index in [-0.39, 0.29) is 34.9 Å². The van der Waals surface area contributed by atoms with Crippen molar-refractivity contribution in [2.75, 3.05) is 19.8 Å². The molecular formula is C22H27BF2N2O5. The minimum atomic E-state index is -1.05. The number of esters is 1. The third-order valence-electron chi connectivity index (χ3n) is 6.39. The van der Waals surface area contributed by atoms with Gasteiger partial charge in [-0.05, 0) is 53.2 Å². The number of halogens is 2. The summed E-state index contributed by atoms with van der Waals surface area (Å²) in [6.07, 6.45) is 1.97. The lowest BCUT2D eigenvalue weighted by Crippen LogP contribution is -2.41. The molecule has 3 heterocycles. The number of rotatable bonds is 5. The predicted octanol–water partition coefficient (Wildman–Crippen LogP) is 3.27. The summed E-state index contributed by atoms with van der Waals surface area (Å²) >= 11 is 0. The monoisotopic (exact) mass is 448 g/mol. The molecular weight excluding hydrogens is 421 g/mol. The van der Waals surface area contributed by atoms with Crippen LogP contribution >= 0.6 is 0 Å². The zero-order valence-corrected chi connectivity index (χ0v) is 18.9. The molecule has 1 aromatic heterocycles. The van der Waals surface area contributed by atoms with Gasteiger partial charge >= 0.3 is 13.1 Å². The topological polar surface area (TPSA) is 71.8 Å². The molecule has 0 N–H and O–H groups in total. The number of carbonyl (C=O) groups is 1. The summed E-state index contributed by atoms with van der Waals surface area (Å²) < 4.78 is 54.5. The summed E-state index contributed by atoms with van der Waals surface area (Å²) in [4.78, 5) is 12.5. The van der Waals surface area contributed by atoms with Gasteiger partial charge in [-0.1, -0.05) is 0 Å². The van der Waals surface area contributed by atoms with Gasteiger partial charge in [-0.25, -0.2) is 13.6 Å². The second-order valence-electron chi connectivity index (χ2n) is 9.03. The first kappa shape index (κ1) is 22.9. The average molecular weight is 448 g/mol. The highest BCUT2D eigenvalue weighted by Gasteiger charge is 2.52. The van der Waals surface area contributed by atoms with Gasteiger partial charge in [0.2, 0.25) is 0 Å². The molecule has 2 aliphatic heterocycles. The Bertz CT molecular complexity index is 1020. The minimum Gasteiger partial charge on any atom is -0.462 e. The number of nitrogens with zero attached hydrogens (tertiary/aromatic N) is 2. The van der Waals surface area contributed by atoms with Crippen LogP contribution in [-0.2, 0) is 18.8 Å². The molecule has 2 aromatic rings. The Morgan fingerprint density at radius 3 is 2.50 bits per heavy atom. The maximum Gasteiger partial charge on any atom is 0.497 e. The fourth-order valence-electron chi connectivity index (χ4n) is 3.88. The third kappa shape index (κ3) is 3.84. The van der Waals surface area contributed by atoms with E-state index >= 15 is 8.78 Å². The van der Waals surface area contributed by atoms with Crippen LogP contribution in [0.4, 0.5) is 8.78 Å². The van der Waals surface area contributed by atoms with Gasteiger partial charge in [-0.2, -0.15) is 5.10 Å². The molecule has 1 aromatic carbocycles. The summed E-state index contributed by atoms with van der Waals surface area (Å²) in [5.74, 6) is -2.07. The smallest absolute Gasteiger partial charge is 0.462 e. The first-order valence-electron chi connectivity index (χ1n) is 10.7. The lowest BCUT2D eigenvalue weighted by molar-refractivity contribution is 0.00578. The van der Waals surface area contributed by atoms with Gasteiger partial charge in [-0.15, -0.1) is 0 Å². The number of ether oxygens (including phenoxy) is 2. The number of hydrogen-bond donors (Lipinski definition) is 0. The van der Waals surface area contributed by atoms with E-state index in [0.29, 0.717) is 19.6 Å². The minimum absolute atomic E-state index is 0.0437. The quantitative estimate of drug-likeness (QED) is 0.517. The van der Waals surface area contributed by atoms with E-state index in [1.807, 2.05) is 27.7 Å². The first-order chi connectivity index (χ1) is 15.1. The SMILES string of the molecule is CCOC(=O)c1cnn([C@@H]2CCOC2)c1-c1cc(F)c(B2OC(C)(C)C(C)(C)O2)cc1F. The van der Waals surface area contributed by atoms with Crippen molar-refractivity contribution < 1.29 is 32.4 Å². The summed E-state index contributed by atoms with van der Waals surface area (Å²) in [5.41, 5.74) is -1.29. The molecule has 0 unspecified atom stereocenters. The van der Waals surface area contributed by atoms with Crippen molar-refractivity contribution in [3.8, 4) is 11.3 Å². The molecule has 2 saturated heterocycles. The van der Waals surface area contributed by atoms with E-state index in [1.165, 1.54) is 10.9 Å².